The highest BCUT2D eigenvalue weighted by Crippen LogP contribution is 2.28. The molecule has 0 aromatic carbocycles. The Hall–Kier alpha value is -0.340. The zero-order valence-corrected chi connectivity index (χ0v) is 14.1. The predicted octanol–water partition coefficient (Wildman–Crippen LogP) is 4.84. The summed E-state index contributed by atoms with van der Waals surface area (Å²) in [5.74, 6) is 0.372. The third kappa shape index (κ3) is 10.4. The Morgan fingerprint density at radius 3 is 2.20 bits per heavy atom. The van der Waals surface area contributed by atoms with E-state index in [0.717, 1.165) is 32.1 Å². The van der Waals surface area contributed by atoms with E-state index in [1.165, 1.54) is 19.3 Å². The molecule has 0 aliphatic heterocycles. The van der Waals surface area contributed by atoms with Crippen molar-refractivity contribution in [2.75, 3.05) is 0 Å². The molecule has 0 amide bonds. The number of allylic oxidation sites excluding steroid dienone is 2. The molecule has 2 N–H and O–H groups in total. The van der Waals surface area contributed by atoms with Gasteiger partial charge in [-0.1, -0.05) is 58.6 Å². The number of hydrogen-bond acceptors (Lipinski definition) is 2. The van der Waals surface area contributed by atoms with Crippen molar-refractivity contribution in [1.82, 2.24) is 0 Å². The molecule has 0 rings (SSSR count). The first kappa shape index (κ1) is 19.7. The lowest BCUT2D eigenvalue weighted by atomic mass is 9.83. The fourth-order valence-corrected chi connectivity index (χ4v) is 2.85. The summed E-state index contributed by atoms with van der Waals surface area (Å²) >= 11 is 0. The Balaban J connectivity index is 4.26. The molecular weight excluding hydrogens is 248 g/mol. The molecule has 3 unspecified atom stereocenters. The molecular formula is C18H36O2. The first-order valence-electron chi connectivity index (χ1n) is 8.50. The molecule has 0 saturated heterocycles. The largest absolute Gasteiger partial charge is 0.393 e. The van der Waals surface area contributed by atoms with Gasteiger partial charge in [-0.15, -0.1) is 0 Å². The summed E-state index contributed by atoms with van der Waals surface area (Å²) in [4.78, 5) is 0. The molecule has 0 saturated carbocycles. The van der Waals surface area contributed by atoms with Crippen LogP contribution in [0, 0.1) is 5.92 Å². The third-order valence-corrected chi connectivity index (χ3v) is 3.81. The molecule has 20 heavy (non-hydrogen) atoms. The topological polar surface area (TPSA) is 40.5 Å². The van der Waals surface area contributed by atoms with Gasteiger partial charge in [-0.3, -0.25) is 0 Å². The fourth-order valence-electron chi connectivity index (χ4n) is 2.85. The second-order valence-electron chi connectivity index (χ2n) is 6.49. The molecule has 0 aromatic rings. The first-order chi connectivity index (χ1) is 9.43. The molecule has 0 radical (unpaired) electrons. The van der Waals surface area contributed by atoms with Crippen LogP contribution in [0.25, 0.3) is 0 Å². The normalized spacial score (nSPS) is 18.1. The molecule has 3 atom stereocenters. The summed E-state index contributed by atoms with van der Waals surface area (Å²) in [5, 5.41) is 20.3. The van der Waals surface area contributed by atoms with Gasteiger partial charge in [0.2, 0.25) is 0 Å². The van der Waals surface area contributed by atoms with E-state index in [4.69, 9.17) is 0 Å². The number of hydrogen-bond donors (Lipinski definition) is 2. The summed E-state index contributed by atoms with van der Waals surface area (Å²) in [5.41, 5.74) is -0.711. The standard InChI is InChI=1S/C18H36O2/c1-5-7-9-10-11-12-16(3)14-18(20,13-8-6-2)15-17(4)19/h11-12,16-17,19-20H,5-10,13-15H2,1-4H3. The van der Waals surface area contributed by atoms with Gasteiger partial charge >= 0.3 is 0 Å². The summed E-state index contributed by atoms with van der Waals surface area (Å²) in [7, 11) is 0. The van der Waals surface area contributed by atoms with Crippen LogP contribution in [0.2, 0.25) is 0 Å². The van der Waals surface area contributed by atoms with Gasteiger partial charge in [-0.2, -0.15) is 0 Å². The van der Waals surface area contributed by atoms with Gasteiger partial charge in [0.05, 0.1) is 11.7 Å². The van der Waals surface area contributed by atoms with Crippen LogP contribution in [0.3, 0.4) is 0 Å². The van der Waals surface area contributed by atoms with Crippen molar-refractivity contribution in [3.63, 3.8) is 0 Å². The average Bonchev–Trinajstić information content (AvgIpc) is 2.35. The van der Waals surface area contributed by atoms with Gasteiger partial charge in [-0.25, -0.2) is 0 Å². The SMILES string of the molecule is CCCCCC=CC(C)CC(O)(CCCC)CC(C)O. The molecule has 120 valence electrons. The number of rotatable bonds is 12. The highest BCUT2D eigenvalue weighted by atomic mass is 16.3. The summed E-state index contributed by atoms with van der Waals surface area (Å²) in [6.07, 6.45) is 13.1. The van der Waals surface area contributed by atoms with E-state index in [9.17, 15) is 10.2 Å². The van der Waals surface area contributed by atoms with Gasteiger partial charge in [0.1, 0.15) is 0 Å². The van der Waals surface area contributed by atoms with Crippen molar-refractivity contribution >= 4 is 0 Å². The molecule has 0 aliphatic carbocycles. The molecule has 2 heteroatoms. The quantitative estimate of drug-likeness (QED) is 0.397. The molecule has 0 heterocycles. The van der Waals surface area contributed by atoms with E-state index in [0.29, 0.717) is 12.3 Å². The molecule has 0 bridgehead atoms. The van der Waals surface area contributed by atoms with Gasteiger partial charge < -0.3 is 10.2 Å². The second-order valence-corrected chi connectivity index (χ2v) is 6.49. The van der Waals surface area contributed by atoms with Crippen LogP contribution in [0.1, 0.15) is 85.5 Å². The van der Waals surface area contributed by atoms with E-state index >= 15 is 0 Å². The van der Waals surface area contributed by atoms with Gasteiger partial charge in [0.15, 0.2) is 0 Å². The van der Waals surface area contributed by atoms with Gasteiger partial charge in [-0.05, 0) is 38.5 Å². The van der Waals surface area contributed by atoms with Crippen molar-refractivity contribution < 1.29 is 10.2 Å². The lowest BCUT2D eigenvalue weighted by Gasteiger charge is -2.31. The Morgan fingerprint density at radius 1 is 1.00 bits per heavy atom. The molecule has 0 aliphatic rings. The van der Waals surface area contributed by atoms with Crippen LogP contribution in [0.4, 0.5) is 0 Å². The average molecular weight is 284 g/mol. The van der Waals surface area contributed by atoms with Crippen molar-refractivity contribution in [2.24, 2.45) is 5.92 Å². The maximum absolute atomic E-state index is 10.7. The third-order valence-electron chi connectivity index (χ3n) is 3.81. The van der Waals surface area contributed by atoms with E-state index < -0.39 is 11.7 Å². The van der Waals surface area contributed by atoms with Gasteiger partial charge in [0, 0.05) is 6.42 Å². The van der Waals surface area contributed by atoms with Crippen molar-refractivity contribution in [1.29, 1.82) is 0 Å². The summed E-state index contributed by atoms with van der Waals surface area (Å²) in [6, 6.07) is 0. The Morgan fingerprint density at radius 2 is 1.65 bits per heavy atom. The molecule has 2 nitrogen and oxygen atoms in total. The maximum Gasteiger partial charge on any atom is 0.0677 e. The zero-order valence-electron chi connectivity index (χ0n) is 14.1. The van der Waals surface area contributed by atoms with Crippen molar-refractivity contribution in [3.05, 3.63) is 12.2 Å². The van der Waals surface area contributed by atoms with Crippen molar-refractivity contribution in [3.8, 4) is 0 Å². The Labute approximate surface area is 126 Å². The zero-order chi connectivity index (χ0) is 15.4. The van der Waals surface area contributed by atoms with E-state index in [1.807, 2.05) is 0 Å². The number of unbranched alkanes of at least 4 members (excludes halogenated alkanes) is 4. The van der Waals surface area contributed by atoms with Crippen LogP contribution in [-0.4, -0.2) is 21.9 Å². The Kier molecular flexibility index (Phi) is 11.1. The smallest absolute Gasteiger partial charge is 0.0677 e. The lowest BCUT2D eigenvalue weighted by Crippen LogP contribution is -2.34. The molecule has 0 fully saturated rings. The van der Waals surface area contributed by atoms with Gasteiger partial charge in [0.25, 0.3) is 0 Å². The second kappa shape index (κ2) is 11.3. The summed E-state index contributed by atoms with van der Waals surface area (Å²) in [6.45, 7) is 8.29. The van der Waals surface area contributed by atoms with Crippen LogP contribution in [-0.2, 0) is 0 Å². The monoisotopic (exact) mass is 284 g/mol. The predicted molar refractivity (Wildman–Crippen MR) is 87.8 cm³/mol. The van der Waals surface area contributed by atoms with E-state index in [1.54, 1.807) is 6.92 Å². The fraction of sp³-hybridized carbons (Fsp3) is 0.889. The minimum absolute atomic E-state index is 0.372. The van der Waals surface area contributed by atoms with Crippen LogP contribution in [0.5, 0.6) is 0 Å². The molecule has 0 aromatic heterocycles. The number of aliphatic hydroxyl groups excluding tert-OH is 1. The number of aliphatic hydroxyl groups is 2. The summed E-state index contributed by atoms with van der Waals surface area (Å²) < 4.78 is 0. The van der Waals surface area contributed by atoms with Crippen molar-refractivity contribution in [2.45, 2.75) is 97.2 Å². The van der Waals surface area contributed by atoms with Crippen LogP contribution >= 0.6 is 0 Å². The highest BCUT2D eigenvalue weighted by molar-refractivity contribution is 4.92. The first-order valence-corrected chi connectivity index (χ1v) is 8.50. The van der Waals surface area contributed by atoms with E-state index in [-0.39, 0.29) is 0 Å². The minimum Gasteiger partial charge on any atom is -0.393 e. The van der Waals surface area contributed by atoms with Crippen LogP contribution in [0.15, 0.2) is 12.2 Å². The molecule has 0 spiro atoms. The minimum atomic E-state index is -0.711. The lowest BCUT2D eigenvalue weighted by molar-refractivity contribution is -0.0273. The van der Waals surface area contributed by atoms with Crippen LogP contribution < -0.4 is 0 Å². The maximum atomic E-state index is 10.7. The highest BCUT2D eigenvalue weighted by Gasteiger charge is 2.29. The van der Waals surface area contributed by atoms with E-state index in [2.05, 4.69) is 32.9 Å². The Bertz CT molecular complexity index is 248.